The quantitative estimate of drug-likeness (QED) is 0.455. The minimum absolute atomic E-state index is 0.261. The van der Waals surface area contributed by atoms with Crippen LogP contribution in [0, 0.1) is 0 Å². The fourth-order valence-corrected chi connectivity index (χ4v) is 2.91. The summed E-state index contributed by atoms with van der Waals surface area (Å²) in [5.74, 6) is 0.529. The normalized spacial score (nSPS) is 11.4. The Labute approximate surface area is 115 Å². The molecule has 0 aliphatic heterocycles. The highest BCUT2D eigenvalue weighted by Crippen LogP contribution is 2.38. The van der Waals surface area contributed by atoms with Gasteiger partial charge in [0, 0.05) is 10.8 Å². The lowest BCUT2D eigenvalue weighted by molar-refractivity contribution is 0.481. The fourth-order valence-electron chi connectivity index (χ4n) is 2.91. The van der Waals surface area contributed by atoms with E-state index in [1.54, 1.807) is 12.1 Å². The van der Waals surface area contributed by atoms with Crippen molar-refractivity contribution in [3.05, 3.63) is 60.7 Å². The van der Waals surface area contributed by atoms with E-state index >= 15 is 0 Å². The van der Waals surface area contributed by atoms with Crippen molar-refractivity contribution in [2.75, 3.05) is 0 Å². The maximum atomic E-state index is 10.2. The second kappa shape index (κ2) is 3.87. The zero-order chi connectivity index (χ0) is 13.7. The fraction of sp³-hybridized carbons (Fsp3) is 0. The van der Waals surface area contributed by atoms with Crippen LogP contribution in [0.5, 0.6) is 11.5 Å². The summed E-state index contributed by atoms with van der Waals surface area (Å²) in [4.78, 5) is 0. The van der Waals surface area contributed by atoms with Crippen LogP contribution in [0.4, 0.5) is 0 Å². The van der Waals surface area contributed by atoms with Crippen LogP contribution in [-0.2, 0) is 0 Å². The molecule has 96 valence electrons. The molecule has 0 amide bonds. The van der Waals surface area contributed by atoms with Gasteiger partial charge in [0.1, 0.15) is 11.5 Å². The van der Waals surface area contributed by atoms with Crippen molar-refractivity contribution in [1.29, 1.82) is 0 Å². The van der Waals surface area contributed by atoms with Crippen LogP contribution < -0.4 is 0 Å². The molecule has 2 heteroatoms. The highest BCUT2D eigenvalue weighted by Gasteiger charge is 2.09. The Kier molecular flexibility index (Phi) is 2.15. The first-order valence-corrected chi connectivity index (χ1v) is 6.51. The van der Waals surface area contributed by atoms with Gasteiger partial charge in [-0.05, 0) is 33.7 Å². The zero-order valence-electron chi connectivity index (χ0n) is 10.7. The minimum atomic E-state index is 0.261. The maximum absolute atomic E-state index is 10.2. The number of phenols is 2. The first-order chi connectivity index (χ1) is 9.75. The number of aromatic hydroxyl groups is 2. The summed E-state index contributed by atoms with van der Waals surface area (Å²) in [6, 6.07) is 19.0. The molecule has 0 atom stereocenters. The van der Waals surface area contributed by atoms with E-state index < -0.39 is 0 Å². The standard InChI is InChI=1S/C18H12O2/c19-17-7-3-6-12-15(17)9-8-13-11-4-1-2-5-14(11)18(20)10-16(12)13/h1-10,19-20H. The molecule has 0 spiro atoms. The van der Waals surface area contributed by atoms with Crippen LogP contribution in [0.2, 0.25) is 0 Å². The van der Waals surface area contributed by atoms with Crippen molar-refractivity contribution in [1.82, 2.24) is 0 Å². The summed E-state index contributed by atoms with van der Waals surface area (Å²) in [7, 11) is 0. The average Bonchev–Trinajstić information content (AvgIpc) is 2.48. The Bertz CT molecular complexity index is 971. The lowest BCUT2D eigenvalue weighted by atomic mass is 9.96. The van der Waals surface area contributed by atoms with Gasteiger partial charge in [0.2, 0.25) is 0 Å². The highest BCUT2D eigenvalue weighted by atomic mass is 16.3. The summed E-state index contributed by atoms with van der Waals surface area (Å²) in [5, 5.41) is 25.8. The summed E-state index contributed by atoms with van der Waals surface area (Å²) in [6.07, 6.45) is 0. The molecule has 0 saturated carbocycles. The lowest BCUT2D eigenvalue weighted by Crippen LogP contribution is -1.82. The SMILES string of the molecule is Oc1cc2c3cccc(O)c3ccc2c2ccccc12. The van der Waals surface area contributed by atoms with Gasteiger partial charge in [-0.15, -0.1) is 0 Å². The van der Waals surface area contributed by atoms with E-state index in [9.17, 15) is 10.2 Å². The van der Waals surface area contributed by atoms with Gasteiger partial charge in [0.25, 0.3) is 0 Å². The molecule has 0 unspecified atom stereocenters. The summed E-state index contributed by atoms with van der Waals surface area (Å²) >= 11 is 0. The number of phenolic OH excluding ortho intramolecular Hbond substituents is 2. The van der Waals surface area contributed by atoms with E-state index in [-0.39, 0.29) is 11.5 Å². The first-order valence-electron chi connectivity index (χ1n) is 6.51. The largest absolute Gasteiger partial charge is 0.507 e. The van der Waals surface area contributed by atoms with Crippen LogP contribution in [0.15, 0.2) is 60.7 Å². The molecular weight excluding hydrogens is 248 g/mol. The van der Waals surface area contributed by atoms with Gasteiger partial charge in [-0.1, -0.05) is 48.5 Å². The second-order valence-electron chi connectivity index (χ2n) is 4.97. The third kappa shape index (κ3) is 1.39. The van der Waals surface area contributed by atoms with Crippen LogP contribution in [0.25, 0.3) is 32.3 Å². The van der Waals surface area contributed by atoms with Crippen molar-refractivity contribution >= 4 is 32.3 Å². The number of hydrogen-bond acceptors (Lipinski definition) is 2. The lowest BCUT2D eigenvalue weighted by Gasteiger charge is -2.10. The molecule has 4 rings (SSSR count). The van der Waals surface area contributed by atoms with Crippen molar-refractivity contribution in [2.24, 2.45) is 0 Å². The van der Waals surface area contributed by atoms with Crippen LogP contribution in [0.1, 0.15) is 0 Å². The molecule has 2 nitrogen and oxygen atoms in total. The van der Waals surface area contributed by atoms with Gasteiger partial charge in [0.15, 0.2) is 0 Å². The average molecular weight is 260 g/mol. The molecule has 0 fully saturated rings. The van der Waals surface area contributed by atoms with Gasteiger partial charge < -0.3 is 10.2 Å². The van der Waals surface area contributed by atoms with Crippen molar-refractivity contribution < 1.29 is 10.2 Å². The van der Waals surface area contributed by atoms with Gasteiger partial charge in [-0.2, -0.15) is 0 Å². The smallest absolute Gasteiger partial charge is 0.124 e. The molecule has 0 aliphatic rings. The van der Waals surface area contributed by atoms with Crippen LogP contribution >= 0.6 is 0 Å². The Balaban J connectivity index is 2.33. The Morgan fingerprint density at radius 2 is 1.00 bits per heavy atom. The Morgan fingerprint density at radius 1 is 0.450 bits per heavy atom. The van der Waals surface area contributed by atoms with Gasteiger partial charge in [-0.3, -0.25) is 0 Å². The van der Waals surface area contributed by atoms with Crippen molar-refractivity contribution in [2.45, 2.75) is 0 Å². The number of fused-ring (bicyclic) bond motifs is 5. The number of benzene rings is 4. The van der Waals surface area contributed by atoms with E-state index in [4.69, 9.17) is 0 Å². The molecule has 0 radical (unpaired) electrons. The minimum Gasteiger partial charge on any atom is -0.507 e. The van der Waals surface area contributed by atoms with E-state index in [0.29, 0.717) is 0 Å². The van der Waals surface area contributed by atoms with Crippen LogP contribution in [0.3, 0.4) is 0 Å². The Morgan fingerprint density at radius 3 is 1.85 bits per heavy atom. The zero-order valence-corrected chi connectivity index (χ0v) is 10.7. The summed E-state index contributed by atoms with van der Waals surface area (Å²) in [6.45, 7) is 0. The second-order valence-corrected chi connectivity index (χ2v) is 4.97. The van der Waals surface area contributed by atoms with E-state index in [1.807, 2.05) is 48.5 Å². The molecule has 0 heterocycles. The predicted molar refractivity (Wildman–Crippen MR) is 82.3 cm³/mol. The van der Waals surface area contributed by atoms with E-state index in [1.165, 1.54) is 0 Å². The van der Waals surface area contributed by atoms with Crippen molar-refractivity contribution in [3.8, 4) is 11.5 Å². The molecule has 4 aromatic carbocycles. The molecule has 0 aliphatic carbocycles. The molecular formula is C18H12O2. The molecule has 0 saturated heterocycles. The van der Waals surface area contributed by atoms with E-state index in [2.05, 4.69) is 0 Å². The van der Waals surface area contributed by atoms with Gasteiger partial charge in [-0.25, -0.2) is 0 Å². The summed E-state index contributed by atoms with van der Waals surface area (Å²) < 4.78 is 0. The van der Waals surface area contributed by atoms with Gasteiger partial charge >= 0.3 is 0 Å². The van der Waals surface area contributed by atoms with Crippen LogP contribution in [-0.4, -0.2) is 10.2 Å². The molecule has 0 aromatic heterocycles. The number of hydrogen-bond donors (Lipinski definition) is 2. The van der Waals surface area contributed by atoms with Crippen molar-refractivity contribution in [3.63, 3.8) is 0 Å². The molecule has 20 heavy (non-hydrogen) atoms. The molecule has 2 N–H and O–H groups in total. The first kappa shape index (κ1) is 11.1. The monoisotopic (exact) mass is 260 g/mol. The molecule has 0 bridgehead atoms. The van der Waals surface area contributed by atoms with E-state index in [0.717, 1.165) is 32.3 Å². The molecule has 4 aromatic rings. The van der Waals surface area contributed by atoms with Gasteiger partial charge in [0.05, 0.1) is 0 Å². The summed E-state index contributed by atoms with van der Waals surface area (Å²) in [5.41, 5.74) is 0. The Hall–Kier alpha value is -2.74. The topological polar surface area (TPSA) is 40.5 Å². The third-order valence-electron chi connectivity index (χ3n) is 3.85. The number of rotatable bonds is 0. The highest BCUT2D eigenvalue weighted by molar-refractivity contribution is 6.19. The third-order valence-corrected chi connectivity index (χ3v) is 3.85. The predicted octanol–water partition coefficient (Wildman–Crippen LogP) is 4.56. The maximum Gasteiger partial charge on any atom is 0.124 e.